The minimum absolute atomic E-state index is 0.0570. The lowest BCUT2D eigenvalue weighted by atomic mass is 10.2. The summed E-state index contributed by atoms with van der Waals surface area (Å²) in [6.07, 6.45) is 1.09. The second kappa shape index (κ2) is 13.3. The Hall–Kier alpha value is -3.40. The van der Waals surface area contributed by atoms with E-state index in [9.17, 15) is 0 Å². The standard InChI is InChI=1S/C31H42N8O/c1-5-38(6-2)29(22-32-30-23(3)33-25-12-7-9-14-27(25)35-30)39(17-11-16-37-18-20-40-21-19-37)31-24(4)34-26-13-8-10-15-28(26)36-31/h7-10,12-15,29H,5-6,11,16-22H2,1-4H3,(H,32,35). The largest absolute Gasteiger partial charge is 0.379 e. The van der Waals surface area contributed by atoms with Crippen molar-refractivity contribution in [2.45, 2.75) is 40.3 Å². The van der Waals surface area contributed by atoms with E-state index >= 15 is 0 Å². The van der Waals surface area contributed by atoms with Crippen LogP contribution in [0, 0.1) is 13.8 Å². The molecule has 1 fully saturated rings. The third kappa shape index (κ3) is 6.49. The number of aryl methyl sites for hydroxylation is 2. The van der Waals surface area contributed by atoms with Gasteiger partial charge in [-0.3, -0.25) is 9.80 Å². The number of rotatable bonds is 12. The molecule has 0 radical (unpaired) electrons. The lowest BCUT2D eigenvalue weighted by Crippen LogP contribution is -2.53. The highest BCUT2D eigenvalue weighted by Crippen LogP contribution is 2.25. The summed E-state index contributed by atoms with van der Waals surface area (Å²) in [7, 11) is 0. The highest BCUT2D eigenvalue weighted by molar-refractivity contribution is 5.77. The average molecular weight is 543 g/mol. The summed E-state index contributed by atoms with van der Waals surface area (Å²) in [5, 5.41) is 3.67. The Bertz CT molecular complexity index is 1400. The van der Waals surface area contributed by atoms with Crippen molar-refractivity contribution in [2.24, 2.45) is 0 Å². The molecule has 4 aromatic rings. The Labute approximate surface area is 237 Å². The molecule has 1 saturated heterocycles. The maximum atomic E-state index is 5.57. The first kappa shape index (κ1) is 28.1. The molecule has 1 N–H and O–H groups in total. The Morgan fingerprint density at radius 1 is 0.825 bits per heavy atom. The molecule has 9 nitrogen and oxygen atoms in total. The van der Waals surface area contributed by atoms with Crippen LogP contribution < -0.4 is 10.2 Å². The van der Waals surface area contributed by atoms with Crippen molar-refractivity contribution in [2.75, 3.05) is 69.2 Å². The van der Waals surface area contributed by atoms with E-state index < -0.39 is 0 Å². The van der Waals surface area contributed by atoms with Crippen molar-refractivity contribution < 1.29 is 4.74 Å². The minimum atomic E-state index is 0.0570. The highest BCUT2D eigenvalue weighted by Gasteiger charge is 2.27. The van der Waals surface area contributed by atoms with Gasteiger partial charge >= 0.3 is 0 Å². The van der Waals surface area contributed by atoms with Gasteiger partial charge in [0.1, 0.15) is 12.0 Å². The van der Waals surface area contributed by atoms with Gasteiger partial charge in [-0.05, 0) is 57.6 Å². The zero-order valence-electron chi connectivity index (χ0n) is 24.3. The molecular formula is C31H42N8O. The first-order valence-electron chi connectivity index (χ1n) is 14.6. The van der Waals surface area contributed by atoms with E-state index in [0.717, 1.165) is 104 Å². The summed E-state index contributed by atoms with van der Waals surface area (Å²) in [5.74, 6) is 1.77. The maximum absolute atomic E-state index is 5.57. The van der Waals surface area contributed by atoms with Crippen LogP contribution in [0.2, 0.25) is 0 Å². The summed E-state index contributed by atoms with van der Waals surface area (Å²) in [5.41, 5.74) is 5.51. The van der Waals surface area contributed by atoms with Gasteiger partial charge in [-0.25, -0.2) is 19.9 Å². The molecule has 1 atom stereocenters. The lowest BCUT2D eigenvalue weighted by Gasteiger charge is -2.41. The van der Waals surface area contributed by atoms with Crippen LogP contribution in [0.25, 0.3) is 22.1 Å². The van der Waals surface area contributed by atoms with Gasteiger partial charge in [0.25, 0.3) is 0 Å². The SMILES string of the molecule is CCN(CC)C(CNc1nc2ccccc2nc1C)N(CCCN1CCOCC1)c1nc2ccccc2nc1C. The normalized spacial score (nSPS) is 15.1. The van der Waals surface area contributed by atoms with E-state index in [1.165, 1.54) is 0 Å². The van der Waals surface area contributed by atoms with Gasteiger partial charge in [0.05, 0.1) is 53.2 Å². The number of nitrogens with zero attached hydrogens (tertiary/aromatic N) is 7. The molecule has 1 aliphatic rings. The average Bonchev–Trinajstić information content (AvgIpc) is 2.98. The fourth-order valence-corrected chi connectivity index (χ4v) is 5.56. The summed E-state index contributed by atoms with van der Waals surface area (Å²) in [6.45, 7) is 16.6. The molecule has 1 unspecified atom stereocenters. The van der Waals surface area contributed by atoms with Gasteiger partial charge in [0.2, 0.25) is 0 Å². The fraction of sp³-hybridized carbons (Fsp3) is 0.484. The quantitative estimate of drug-likeness (QED) is 0.260. The number of morpholine rings is 1. The van der Waals surface area contributed by atoms with Gasteiger partial charge in [-0.2, -0.15) is 0 Å². The first-order chi connectivity index (χ1) is 19.6. The van der Waals surface area contributed by atoms with Crippen LogP contribution in [0.3, 0.4) is 0 Å². The third-order valence-electron chi connectivity index (χ3n) is 7.76. The highest BCUT2D eigenvalue weighted by atomic mass is 16.5. The van der Waals surface area contributed by atoms with Crippen LogP contribution in [-0.2, 0) is 4.74 Å². The summed E-state index contributed by atoms with van der Waals surface area (Å²) in [4.78, 5) is 27.3. The van der Waals surface area contributed by atoms with Gasteiger partial charge in [-0.15, -0.1) is 0 Å². The predicted molar refractivity (Wildman–Crippen MR) is 163 cm³/mol. The summed E-state index contributed by atoms with van der Waals surface area (Å²) >= 11 is 0. The zero-order valence-corrected chi connectivity index (χ0v) is 24.3. The van der Waals surface area contributed by atoms with Crippen molar-refractivity contribution in [3.05, 3.63) is 59.9 Å². The molecule has 2 aromatic heterocycles. The molecule has 0 aliphatic carbocycles. The second-order valence-corrected chi connectivity index (χ2v) is 10.4. The second-order valence-electron chi connectivity index (χ2n) is 10.4. The van der Waals surface area contributed by atoms with Gasteiger partial charge in [0, 0.05) is 26.2 Å². The Morgan fingerprint density at radius 2 is 1.40 bits per heavy atom. The van der Waals surface area contributed by atoms with E-state index in [1.54, 1.807) is 0 Å². The van der Waals surface area contributed by atoms with Gasteiger partial charge in [0.15, 0.2) is 5.82 Å². The van der Waals surface area contributed by atoms with E-state index in [1.807, 2.05) is 49.4 Å². The van der Waals surface area contributed by atoms with Crippen LogP contribution in [0.4, 0.5) is 11.6 Å². The monoisotopic (exact) mass is 542 g/mol. The molecule has 5 rings (SSSR count). The number of ether oxygens (including phenoxy) is 1. The number of hydrogen-bond acceptors (Lipinski definition) is 9. The Balaban J connectivity index is 1.46. The molecule has 1 aliphatic heterocycles. The van der Waals surface area contributed by atoms with Crippen LogP contribution in [0.5, 0.6) is 0 Å². The molecule has 0 spiro atoms. The molecule has 0 bridgehead atoms. The number of hydrogen-bond donors (Lipinski definition) is 1. The number of benzene rings is 2. The van der Waals surface area contributed by atoms with Crippen molar-refractivity contribution in [1.29, 1.82) is 0 Å². The summed E-state index contributed by atoms with van der Waals surface area (Å²) < 4.78 is 5.57. The van der Waals surface area contributed by atoms with Crippen molar-refractivity contribution >= 4 is 33.7 Å². The van der Waals surface area contributed by atoms with E-state index in [0.29, 0.717) is 6.54 Å². The van der Waals surface area contributed by atoms with Crippen LogP contribution in [0.1, 0.15) is 31.7 Å². The molecule has 3 heterocycles. The summed E-state index contributed by atoms with van der Waals surface area (Å²) in [6, 6.07) is 16.2. The molecule has 40 heavy (non-hydrogen) atoms. The Morgan fingerprint density at radius 3 is 2.02 bits per heavy atom. The number of likely N-dealkylation sites (N-methyl/N-ethyl adjacent to an activating group) is 1. The molecule has 9 heteroatoms. The molecular weight excluding hydrogens is 500 g/mol. The minimum Gasteiger partial charge on any atom is -0.379 e. The topological polar surface area (TPSA) is 82.5 Å². The predicted octanol–water partition coefficient (Wildman–Crippen LogP) is 4.50. The van der Waals surface area contributed by atoms with E-state index in [2.05, 4.69) is 46.9 Å². The van der Waals surface area contributed by atoms with Crippen LogP contribution >= 0.6 is 0 Å². The van der Waals surface area contributed by atoms with Gasteiger partial charge < -0.3 is 15.0 Å². The van der Waals surface area contributed by atoms with Crippen LogP contribution in [0.15, 0.2) is 48.5 Å². The molecule has 212 valence electrons. The Kier molecular flexibility index (Phi) is 9.36. The number of anilines is 2. The van der Waals surface area contributed by atoms with Crippen molar-refractivity contribution in [3.63, 3.8) is 0 Å². The van der Waals surface area contributed by atoms with Gasteiger partial charge in [-0.1, -0.05) is 38.1 Å². The van der Waals surface area contributed by atoms with E-state index in [4.69, 9.17) is 24.7 Å². The molecule has 0 amide bonds. The lowest BCUT2D eigenvalue weighted by molar-refractivity contribution is 0.0374. The first-order valence-corrected chi connectivity index (χ1v) is 14.6. The third-order valence-corrected chi connectivity index (χ3v) is 7.76. The smallest absolute Gasteiger partial charge is 0.152 e. The number of fused-ring (bicyclic) bond motifs is 2. The van der Waals surface area contributed by atoms with Crippen LogP contribution in [-0.4, -0.2) is 94.9 Å². The zero-order chi connectivity index (χ0) is 27.9. The fourth-order valence-electron chi connectivity index (χ4n) is 5.56. The van der Waals surface area contributed by atoms with E-state index in [-0.39, 0.29) is 6.17 Å². The number of nitrogens with one attached hydrogen (secondary N) is 1. The number of aromatic nitrogens is 4. The number of para-hydroxylation sites is 4. The van der Waals surface area contributed by atoms with Crippen molar-refractivity contribution in [1.82, 2.24) is 29.7 Å². The molecule has 0 saturated carbocycles. The van der Waals surface area contributed by atoms with Crippen molar-refractivity contribution in [3.8, 4) is 0 Å². The maximum Gasteiger partial charge on any atom is 0.152 e. The molecule has 2 aromatic carbocycles.